The van der Waals surface area contributed by atoms with Crippen LogP contribution in [0.15, 0.2) is 18.3 Å². The van der Waals surface area contributed by atoms with Gasteiger partial charge in [0.15, 0.2) is 0 Å². The Morgan fingerprint density at radius 3 is 2.59 bits per heavy atom. The van der Waals surface area contributed by atoms with Crippen LogP contribution in [-0.4, -0.2) is 30.0 Å². The predicted molar refractivity (Wildman–Crippen MR) is 88.7 cm³/mol. The van der Waals surface area contributed by atoms with Gasteiger partial charge in [-0.1, -0.05) is 0 Å². The maximum atomic E-state index is 12.5. The minimum absolute atomic E-state index is 0.0267. The summed E-state index contributed by atoms with van der Waals surface area (Å²) in [6, 6.07) is 3.92. The van der Waals surface area contributed by atoms with E-state index in [2.05, 4.69) is 29.0 Å². The average molecular weight is 302 g/mol. The third-order valence-corrected chi connectivity index (χ3v) is 5.39. The normalized spacial score (nSPS) is 29.6. The van der Waals surface area contributed by atoms with E-state index in [0.29, 0.717) is 11.8 Å². The Morgan fingerprint density at radius 1 is 1.32 bits per heavy atom. The van der Waals surface area contributed by atoms with Crippen molar-refractivity contribution in [1.29, 1.82) is 0 Å². The molecule has 5 nitrogen and oxygen atoms in total. The fraction of sp³-hybridized carbons (Fsp3) is 0.647. The highest BCUT2D eigenvalue weighted by Crippen LogP contribution is 2.47. The molecule has 1 heterocycles. The molecule has 22 heavy (non-hydrogen) atoms. The molecule has 120 valence electrons. The number of rotatable bonds is 5. The molecule has 1 amide bonds. The Hall–Kier alpha value is -1.62. The van der Waals surface area contributed by atoms with Crippen molar-refractivity contribution in [2.24, 2.45) is 23.5 Å². The van der Waals surface area contributed by atoms with E-state index in [1.54, 1.807) is 6.20 Å². The molecule has 0 spiro atoms. The van der Waals surface area contributed by atoms with Crippen LogP contribution in [-0.2, 0) is 4.79 Å². The van der Waals surface area contributed by atoms with Gasteiger partial charge in [-0.3, -0.25) is 4.79 Å². The van der Waals surface area contributed by atoms with Crippen LogP contribution >= 0.6 is 0 Å². The molecule has 2 aliphatic rings. The molecule has 4 atom stereocenters. The zero-order chi connectivity index (χ0) is 15.7. The Balaban J connectivity index is 1.65. The molecule has 0 aromatic carbocycles. The number of fused-ring (bicyclic) bond motifs is 2. The molecule has 2 aliphatic carbocycles. The van der Waals surface area contributed by atoms with Gasteiger partial charge in [0.2, 0.25) is 5.91 Å². The van der Waals surface area contributed by atoms with Gasteiger partial charge in [0, 0.05) is 19.1 Å². The van der Waals surface area contributed by atoms with Crippen LogP contribution in [0.5, 0.6) is 0 Å². The van der Waals surface area contributed by atoms with Gasteiger partial charge in [-0.25, -0.2) is 4.98 Å². The lowest BCUT2D eigenvalue weighted by atomic mass is 9.84. The Bertz CT molecular complexity index is 524. The minimum atomic E-state index is -0.0267. The summed E-state index contributed by atoms with van der Waals surface area (Å²) >= 11 is 0. The number of aromatic nitrogens is 1. The lowest BCUT2D eigenvalue weighted by molar-refractivity contribution is -0.121. The van der Waals surface area contributed by atoms with Crippen LogP contribution in [0, 0.1) is 17.8 Å². The molecule has 0 aliphatic heterocycles. The van der Waals surface area contributed by atoms with E-state index in [4.69, 9.17) is 5.73 Å². The first-order chi connectivity index (χ1) is 10.6. The van der Waals surface area contributed by atoms with Crippen LogP contribution in [0.2, 0.25) is 0 Å². The number of amides is 1. The highest BCUT2D eigenvalue weighted by atomic mass is 16.2. The molecule has 3 rings (SSSR count). The third kappa shape index (κ3) is 2.70. The minimum Gasteiger partial charge on any atom is -0.357 e. The summed E-state index contributed by atoms with van der Waals surface area (Å²) in [6.07, 6.45) is 5.20. The monoisotopic (exact) mass is 302 g/mol. The molecule has 0 radical (unpaired) electrons. The summed E-state index contributed by atoms with van der Waals surface area (Å²) in [4.78, 5) is 19.1. The fourth-order valence-corrected chi connectivity index (χ4v) is 4.15. The zero-order valence-corrected chi connectivity index (χ0v) is 13.5. The van der Waals surface area contributed by atoms with Gasteiger partial charge in [0.1, 0.15) is 5.82 Å². The van der Waals surface area contributed by atoms with E-state index in [-0.39, 0.29) is 17.9 Å². The highest BCUT2D eigenvalue weighted by molar-refractivity contribution is 5.93. The van der Waals surface area contributed by atoms with Crippen molar-refractivity contribution >= 4 is 17.4 Å². The van der Waals surface area contributed by atoms with Gasteiger partial charge in [0.25, 0.3) is 0 Å². The number of nitrogens with two attached hydrogens (primary N) is 1. The second kappa shape index (κ2) is 6.24. The van der Waals surface area contributed by atoms with E-state index in [9.17, 15) is 4.79 Å². The lowest BCUT2D eigenvalue weighted by Gasteiger charge is -2.27. The van der Waals surface area contributed by atoms with Crippen molar-refractivity contribution in [3.05, 3.63) is 18.3 Å². The highest BCUT2D eigenvalue weighted by Gasteiger charge is 2.49. The summed E-state index contributed by atoms with van der Waals surface area (Å²) in [7, 11) is 0. The van der Waals surface area contributed by atoms with Gasteiger partial charge in [-0.15, -0.1) is 0 Å². The number of carbonyl (C=O) groups is 1. The van der Waals surface area contributed by atoms with Crippen LogP contribution in [0.1, 0.15) is 33.1 Å². The number of nitrogens with one attached hydrogen (secondary N) is 1. The van der Waals surface area contributed by atoms with Crippen LogP contribution in [0.25, 0.3) is 0 Å². The van der Waals surface area contributed by atoms with E-state index >= 15 is 0 Å². The smallest absolute Gasteiger partial charge is 0.229 e. The third-order valence-electron chi connectivity index (χ3n) is 5.39. The number of anilines is 2. The summed E-state index contributed by atoms with van der Waals surface area (Å²) in [5.74, 6) is 2.00. The van der Waals surface area contributed by atoms with Crippen molar-refractivity contribution in [2.45, 2.75) is 39.2 Å². The lowest BCUT2D eigenvalue weighted by Crippen LogP contribution is -2.42. The first-order valence-corrected chi connectivity index (χ1v) is 8.41. The predicted octanol–water partition coefficient (Wildman–Crippen LogP) is 2.24. The Morgan fingerprint density at radius 2 is 2.05 bits per heavy atom. The Kier molecular flexibility index (Phi) is 4.34. The topological polar surface area (TPSA) is 71.2 Å². The molecule has 2 saturated carbocycles. The standard InChI is InChI=1S/C17H26N4O/c1-3-21(4-2)14-8-7-13(10-19-14)20-17(22)15-11-5-6-12(9-11)16(15)18/h7-8,10-12,15-16H,3-6,9,18H2,1-2H3,(H,20,22). The van der Waals surface area contributed by atoms with Gasteiger partial charge >= 0.3 is 0 Å². The SMILES string of the molecule is CCN(CC)c1ccc(NC(=O)C2C3CCC(C3)C2N)cn1. The molecule has 5 heteroatoms. The second-order valence-corrected chi connectivity index (χ2v) is 6.50. The van der Waals surface area contributed by atoms with Gasteiger partial charge < -0.3 is 16.0 Å². The maximum Gasteiger partial charge on any atom is 0.229 e. The molecule has 2 bridgehead atoms. The van der Waals surface area contributed by atoms with Gasteiger partial charge in [-0.2, -0.15) is 0 Å². The second-order valence-electron chi connectivity index (χ2n) is 6.50. The zero-order valence-electron chi connectivity index (χ0n) is 13.5. The van der Waals surface area contributed by atoms with Gasteiger partial charge in [-0.05, 0) is 57.1 Å². The summed E-state index contributed by atoms with van der Waals surface area (Å²) in [5, 5.41) is 3.00. The Labute approximate surface area is 132 Å². The molecular formula is C17H26N4O. The van der Waals surface area contributed by atoms with Crippen molar-refractivity contribution in [2.75, 3.05) is 23.3 Å². The average Bonchev–Trinajstić information content (AvgIpc) is 3.11. The fourth-order valence-electron chi connectivity index (χ4n) is 4.15. The van der Waals surface area contributed by atoms with Crippen molar-refractivity contribution in [3.8, 4) is 0 Å². The van der Waals surface area contributed by atoms with Crippen molar-refractivity contribution in [1.82, 2.24) is 4.98 Å². The van der Waals surface area contributed by atoms with Crippen LogP contribution < -0.4 is 16.0 Å². The molecule has 1 aromatic rings. The molecule has 3 N–H and O–H groups in total. The molecule has 0 saturated heterocycles. The number of carbonyl (C=O) groups excluding carboxylic acids is 1. The molecule has 1 aromatic heterocycles. The van der Waals surface area contributed by atoms with Crippen LogP contribution in [0.3, 0.4) is 0 Å². The first-order valence-electron chi connectivity index (χ1n) is 8.41. The number of hydrogen-bond donors (Lipinski definition) is 2. The van der Waals surface area contributed by atoms with E-state index in [1.165, 1.54) is 6.42 Å². The maximum absolute atomic E-state index is 12.5. The van der Waals surface area contributed by atoms with E-state index < -0.39 is 0 Å². The van der Waals surface area contributed by atoms with E-state index in [0.717, 1.165) is 37.4 Å². The van der Waals surface area contributed by atoms with Crippen molar-refractivity contribution in [3.63, 3.8) is 0 Å². The molecule has 4 unspecified atom stereocenters. The van der Waals surface area contributed by atoms with Gasteiger partial charge in [0.05, 0.1) is 17.8 Å². The summed E-state index contributed by atoms with van der Waals surface area (Å²) in [5.41, 5.74) is 7.00. The number of hydrogen-bond acceptors (Lipinski definition) is 4. The summed E-state index contributed by atoms with van der Waals surface area (Å²) in [6.45, 7) is 6.07. The van der Waals surface area contributed by atoms with E-state index in [1.807, 2.05) is 12.1 Å². The largest absolute Gasteiger partial charge is 0.357 e. The van der Waals surface area contributed by atoms with Crippen molar-refractivity contribution < 1.29 is 4.79 Å². The number of nitrogens with zero attached hydrogens (tertiary/aromatic N) is 2. The van der Waals surface area contributed by atoms with Crippen LogP contribution in [0.4, 0.5) is 11.5 Å². The molecular weight excluding hydrogens is 276 g/mol. The number of pyridine rings is 1. The molecule has 2 fully saturated rings. The quantitative estimate of drug-likeness (QED) is 0.875. The first kappa shape index (κ1) is 15.3. The summed E-state index contributed by atoms with van der Waals surface area (Å²) < 4.78 is 0.